The lowest BCUT2D eigenvalue weighted by Crippen LogP contribution is -1.96. The minimum absolute atomic E-state index is 1.02. The Morgan fingerprint density at radius 1 is 1.83 bits per heavy atom. The van der Waals surface area contributed by atoms with Crippen LogP contribution in [0.5, 0.6) is 0 Å². The number of aromatic amines is 1. The van der Waals surface area contributed by atoms with E-state index in [9.17, 15) is 0 Å². The van der Waals surface area contributed by atoms with Crippen molar-refractivity contribution in [2.45, 2.75) is 0 Å². The van der Waals surface area contributed by atoms with Gasteiger partial charge in [-0.15, -0.1) is 0 Å². The van der Waals surface area contributed by atoms with Crippen LogP contribution in [0.25, 0.3) is 0 Å². The Labute approximate surface area is 48.7 Å². The van der Waals surface area contributed by atoms with Crippen LogP contribution in [-0.4, -0.2) is 0 Å². The van der Waals surface area contributed by atoms with Crippen LogP contribution >= 0.6 is 22.6 Å². The predicted octanol–water partition coefficient (Wildman–Crippen LogP) is 0.698. The maximum Gasteiger partial charge on any atom is 0.286 e. The molecule has 0 saturated carbocycles. The van der Waals surface area contributed by atoms with Gasteiger partial charge in [0, 0.05) is 22.6 Å². The Hall–Kier alpha value is -0.0600. The van der Waals surface area contributed by atoms with Gasteiger partial charge in [0.1, 0.15) is 0 Å². The van der Waals surface area contributed by atoms with Crippen LogP contribution in [0.2, 0.25) is 0 Å². The topological polar surface area (TPSA) is 27.3 Å². The molecule has 1 aromatic heterocycles. The number of hydrogen-bond acceptors (Lipinski definition) is 1. The minimum atomic E-state index is 1.02. The second-order valence-electron chi connectivity index (χ2n) is 0.871. The van der Waals surface area contributed by atoms with E-state index in [0.717, 1.165) is 3.70 Å². The summed E-state index contributed by atoms with van der Waals surface area (Å²) in [7, 11) is 0. The summed E-state index contributed by atoms with van der Waals surface area (Å²) in [5.41, 5.74) is 0. The summed E-state index contributed by atoms with van der Waals surface area (Å²) in [5.74, 6) is 0. The third-order valence-electron chi connectivity index (χ3n) is 0.439. The zero-order valence-corrected chi connectivity index (χ0v) is 5.10. The molecular formula is C3H3INO+. The first-order valence-corrected chi connectivity index (χ1v) is 2.58. The molecule has 32 valence electrons. The third-order valence-corrected chi connectivity index (χ3v) is 1.02. The third kappa shape index (κ3) is 0.707. The molecule has 6 heavy (non-hydrogen) atoms. The van der Waals surface area contributed by atoms with E-state index in [-0.39, 0.29) is 0 Å². The second kappa shape index (κ2) is 1.59. The van der Waals surface area contributed by atoms with E-state index in [0.29, 0.717) is 0 Å². The van der Waals surface area contributed by atoms with Gasteiger partial charge >= 0.3 is 0 Å². The Bertz CT molecular complexity index is 114. The average molecular weight is 196 g/mol. The molecule has 0 radical (unpaired) electrons. The standard InChI is InChI=1S/C3H2INO/c4-3-1-2-6-5-3/h1-2H/p+1. The number of nitrogens with one attached hydrogen (secondary N) is 1. The first-order valence-electron chi connectivity index (χ1n) is 1.50. The number of H-pyrrole nitrogens is 1. The van der Waals surface area contributed by atoms with E-state index < -0.39 is 0 Å². The van der Waals surface area contributed by atoms with Crippen molar-refractivity contribution >= 4 is 22.6 Å². The summed E-state index contributed by atoms with van der Waals surface area (Å²) in [4.78, 5) is 0. The van der Waals surface area contributed by atoms with Crippen molar-refractivity contribution < 1.29 is 9.68 Å². The molecular weight excluding hydrogens is 193 g/mol. The van der Waals surface area contributed by atoms with Crippen LogP contribution in [-0.2, 0) is 0 Å². The normalized spacial score (nSPS) is 8.83. The van der Waals surface area contributed by atoms with Gasteiger partial charge in [-0.25, -0.2) is 4.52 Å². The molecule has 0 fully saturated rings. The fraction of sp³-hybridized carbons (Fsp3) is 0. The van der Waals surface area contributed by atoms with Crippen molar-refractivity contribution in [3.05, 3.63) is 16.0 Å². The molecule has 0 unspecified atom stereocenters. The quantitative estimate of drug-likeness (QED) is 0.561. The molecule has 0 aliphatic rings. The molecule has 1 aromatic rings. The van der Waals surface area contributed by atoms with Gasteiger partial charge < -0.3 is 0 Å². The van der Waals surface area contributed by atoms with Crippen molar-refractivity contribution in [1.29, 1.82) is 0 Å². The Kier molecular flexibility index (Phi) is 1.09. The molecule has 0 aliphatic heterocycles. The van der Waals surface area contributed by atoms with Crippen molar-refractivity contribution in [3.63, 3.8) is 0 Å². The molecule has 0 aliphatic carbocycles. The fourth-order valence-corrected chi connectivity index (χ4v) is 0.492. The Balaban J connectivity index is 3.05. The van der Waals surface area contributed by atoms with E-state index in [1.807, 2.05) is 6.07 Å². The number of hydrogen-bond donors (Lipinski definition) is 0. The molecule has 1 heterocycles. The van der Waals surface area contributed by atoms with Crippen LogP contribution < -0.4 is 5.16 Å². The molecule has 0 spiro atoms. The van der Waals surface area contributed by atoms with Crippen LogP contribution in [0.15, 0.2) is 16.9 Å². The number of aromatic nitrogens is 1. The van der Waals surface area contributed by atoms with E-state index in [1.54, 1.807) is 6.26 Å². The first-order chi connectivity index (χ1) is 2.89. The average Bonchev–Trinajstić information content (AvgIpc) is 1.86. The van der Waals surface area contributed by atoms with Crippen LogP contribution in [0.4, 0.5) is 0 Å². The Morgan fingerprint density at radius 3 is 2.83 bits per heavy atom. The molecule has 0 saturated heterocycles. The SMILES string of the molecule is Ic1cco[nH+]1. The van der Waals surface area contributed by atoms with Gasteiger partial charge in [-0.1, -0.05) is 0 Å². The fourth-order valence-electron chi connectivity index (χ4n) is 0.218. The van der Waals surface area contributed by atoms with Gasteiger partial charge in [-0.2, -0.15) is 0 Å². The summed E-state index contributed by atoms with van der Waals surface area (Å²) in [6, 6.07) is 1.85. The summed E-state index contributed by atoms with van der Waals surface area (Å²) in [5, 5.41) is 2.61. The van der Waals surface area contributed by atoms with Gasteiger partial charge in [-0.05, 0) is 5.16 Å². The molecule has 1 rings (SSSR count). The van der Waals surface area contributed by atoms with Gasteiger partial charge in [0.2, 0.25) is 0 Å². The first kappa shape index (κ1) is 4.11. The van der Waals surface area contributed by atoms with Gasteiger partial charge in [-0.3, -0.25) is 0 Å². The summed E-state index contributed by atoms with van der Waals surface area (Å²) < 4.78 is 5.60. The molecule has 2 nitrogen and oxygen atoms in total. The lowest BCUT2D eigenvalue weighted by atomic mass is 10.8. The van der Waals surface area contributed by atoms with E-state index in [4.69, 9.17) is 0 Å². The summed E-state index contributed by atoms with van der Waals surface area (Å²) in [6.07, 6.45) is 1.60. The lowest BCUT2D eigenvalue weighted by Gasteiger charge is -1.50. The van der Waals surface area contributed by atoms with Crippen molar-refractivity contribution in [3.8, 4) is 0 Å². The summed E-state index contributed by atoms with van der Waals surface area (Å²) in [6.45, 7) is 0. The predicted molar refractivity (Wildman–Crippen MR) is 28.0 cm³/mol. The highest BCUT2D eigenvalue weighted by Crippen LogP contribution is 1.90. The summed E-state index contributed by atoms with van der Waals surface area (Å²) >= 11 is 2.13. The van der Waals surface area contributed by atoms with Gasteiger partial charge in [0.05, 0.1) is 6.07 Å². The molecule has 0 atom stereocenters. The maximum atomic E-state index is 4.58. The molecule has 0 bridgehead atoms. The van der Waals surface area contributed by atoms with Crippen molar-refractivity contribution in [1.82, 2.24) is 0 Å². The van der Waals surface area contributed by atoms with Crippen molar-refractivity contribution in [2.75, 3.05) is 0 Å². The highest BCUT2D eigenvalue weighted by molar-refractivity contribution is 14.1. The number of rotatable bonds is 0. The molecule has 3 heteroatoms. The highest BCUT2D eigenvalue weighted by atomic mass is 127. The lowest BCUT2D eigenvalue weighted by molar-refractivity contribution is -0.620. The van der Waals surface area contributed by atoms with Crippen LogP contribution in [0.1, 0.15) is 0 Å². The number of halogens is 1. The largest absolute Gasteiger partial charge is 0.286 e. The highest BCUT2D eigenvalue weighted by Gasteiger charge is 1.89. The van der Waals surface area contributed by atoms with Crippen LogP contribution in [0.3, 0.4) is 0 Å². The smallest absolute Gasteiger partial charge is 0.246 e. The van der Waals surface area contributed by atoms with E-state index >= 15 is 0 Å². The van der Waals surface area contributed by atoms with Crippen molar-refractivity contribution in [2.24, 2.45) is 0 Å². The maximum absolute atomic E-state index is 4.58. The van der Waals surface area contributed by atoms with E-state index in [2.05, 4.69) is 32.3 Å². The van der Waals surface area contributed by atoms with Gasteiger partial charge in [0.15, 0.2) is 6.26 Å². The molecule has 1 N–H and O–H groups in total. The zero-order chi connectivity index (χ0) is 4.41. The Morgan fingerprint density at radius 2 is 2.67 bits per heavy atom. The second-order valence-corrected chi connectivity index (χ2v) is 2.03. The minimum Gasteiger partial charge on any atom is -0.246 e. The zero-order valence-electron chi connectivity index (χ0n) is 2.94. The van der Waals surface area contributed by atoms with E-state index in [1.165, 1.54) is 0 Å². The van der Waals surface area contributed by atoms with Gasteiger partial charge in [0.25, 0.3) is 3.70 Å². The molecule has 0 aromatic carbocycles. The monoisotopic (exact) mass is 196 g/mol. The molecule has 0 amide bonds. The van der Waals surface area contributed by atoms with Crippen LogP contribution in [0, 0.1) is 3.70 Å².